The van der Waals surface area contributed by atoms with E-state index >= 15 is 0 Å². The molecular weight excluding hydrogens is 235 g/mol. The molecule has 2 rings (SSSR count). The first-order valence-electron chi connectivity index (χ1n) is 6.25. The van der Waals surface area contributed by atoms with Crippen molar-refractivity contribution in [2.45, 2.75) is 31.8 Å². The number of methoxy groups -OCH3 is 2. The summed E-state index contributed by atoms with van der Waals surface area (Å²) in [5.74, 6) is 0.864. The van der Waals surface area contributed by atoms with Gasteiger partial charge in [-0.1, -0.05) is 19.3 Å². The maximum atomic E-state index is 13.9. The third-order valence-electron chi connectivity index (χ3n) is 3.64. The van der Waals surface area contributed by atoms with Gasteiger partial charge in [-0.05, 0) is 18.4 Å². The summed E-state index contributed by atoms with van der Waals surface area (Å²) in [6.45, 7) is 0. The Hall–Kier alpha value is -1.29. The van der Waals surface area contributed by atoms with E-state index in [0.717, 1.165) is 12.8 Å². The van der Waals surface area contributed by atoms with E-state index in [1.807, 2.05) is 0 Å². The van der Waals surface area contributed by atoms with Crippen molar-refractivity contribution in [3.05, 3.63) is 23.5 Å². The van der Waals surface area contributed by atoms with E-state index in [9.17, 15) is 9.50 Å². The van der Waals surface area contributed by atoms with Crippen LogP contribution in [0.4, 0.5) is 4.39 Å². The molecule has 1 aromatic rings. The lowest BCUT2D eigenvalue weighted by Crippen LogP contribution is -2.15. The van der Waals surface area contributed by atoms with Crippen molar-refractivity contribution in [1.29, 1.82) is 0 Å². The number of halogens is 1. The minimum Gasteiger partial charge on any atom is -0.493 e. The van der Waals surface area contributed by atoms with Crippen LogP contribution in [0.25, 0.3) is 0 Å². The maximum absolute atomic E-state index is 13.9. The van der Waals surface area contributed by atoms with Crippen LogP contribution < -0.4 is 9.47 Å². The van der Waals surface area contributed by atoms with E-state index in [1.54, 1.807) is 0 Å². The fraction of sp³-hybridized carbons (Fsp3) is 0.571. The Morgan fingerprint density at radius 1 is 1.28 bits per heavy atom. The number of benzene rings is 1. The van der Waals surface area contributed by atoms with Gasteiger partial charge in [0.1, 0.15) is 5.82 Å². The van der Waals surface area contributed by atoms with Gasteiger partial charge in [-0.3, -0.25) is 0 Å². The van der Waals surface area contributed by atoms with Gasteiger partial charge >= 0.3 is 0 Å². The van der Waals surface area contributed by atoms with Gasteiger partial charge in [0.05, 0.1) is 20.3 Å². The fourth-order valence-corrected chi connectivity index (χ4v) is 2.30. The number of hydrogen-bond acceptors (Lipinski definition) is 3. The number of aliphatic hydroxyl groups is 1. The van der Waals surface area contributed by atoms with Gasteiger partial charge in [-0.25, -0.2) is 4.39 Å². The van der Waals surface area contributed by atoms with Crippen LogP contribution in [0, 0.1) is 11.7 Å². The first kappa shape index (κ1) is 13.1. The standard InChI is InChI=1S/C14H19FO3/c1-17-13-7-10(11(15)8-14(13)18-2)12(16)6-9-4-3-5-9/h7-9,12,16H,3-6H2,1-2H3. The Labute approximate surface area is 107 Å². The van der Waals surface area contributed by atoms with Crippen LogP contribution in [0.2, 0.25) is 0 Å². The Kier molecular flexibility index (Phi) is 4.07. The molecule has 1 fully saturated rings. The molecule has 0 spiro atoms. The highest BCUT2D eigenvalue weighted by Gasteiger charge is 2.24. The van der Waals surface area contributed by atoms with Gasteiger partial charge in [-0.15, -0.1) is 0 Å². The Morgan fingerprint density at radius 3 is 2.39 bits per heavy atom. The van der Waals surface area contributed by atoms with Gasteiger partial charge in [0.2, 0.25) is 0 Å². The number of aliphatic hydroxyl groups excluding tert-OH is 1. The molecule has 4 heteroatoms. The van der Waals surface area contributed by atoms with Crippen molar-refractivity contribution in [1.82, 2.24) is 0 Å². The molecule has 1 N–H and O–H groups in total. The van der Waals surface area contributed by atoms with Crippen LogP contribution in [0.5, 0.6) is 11.5 Å². The molecule has 1 atom stereocenters. The monoisotopic (exact) mass is 254 g/mol. The molecule has 0 saturated heterocycles. The van der Waals surface area contributed by atoms with Gasteiger partial charge in [-0.2, -0.15) is 0 Å². The SMILES string of the molecule is COc1cc(F)c(C(O)CC2CCC2)cc1OC. The van der Waals surface area contributed by atoms with E-state index < -0.39 is 11.9 Å². The summed E-state index contributed by atoms with van der Waals surface area (Å²) in [6, 6.07) is 2.79. The van der Waals surface area contributed by atoms with E-state index in [1.165, 1.54) is 32.8 Å². The molecule has 1 aromatic carbocycles. The topological polar surface area (TPSA) is 38.7 Å². The molecule has 0 aromatic heterocycles. The molecule has 0 aliphatic heterocycles. The summed E-state index contributed by atoms with van der Waals surface area (Å²) in [5.41, 5.74) is 0.291. The molecule has 0 radical (unpaired) electrons. The van der Waals surface area contributed by atoms with Crippen molar-refractivity contribution in [2.24, 2.45) is 5.92 Å². The maximum Gasteiger partial charge on any atom is 0.163 e. The normalized spacial score (nSPS) is 17.1. The molecule has 1 unspecified atom stereocenters. The zero-order valence-electron chi connectivity index (χ0n) is 10.8. The zero-order valence-corrected chi connectivity index (χ0v) is 10.8. The van der Waals surface area contributed by atoms with Crippen LogP contribution >= 0.6 is 0 Å². The Balaban J connectivity index is 2.20. The molecule has 3 nitrogen and oxygen atoms in total. The molecule has 1 aliphatic carbocycles. The fourth-order valence-electron chi connectivity index (χ4n) is 2.30. The smallest absolute Gasteiger partial charge is 0.163 e. The summed E-state index contributed by atoms with van der Waals surface area (Å²) in [5, 5.41) is 10.1. The van der Waals surface area contributed by atoms with Crippen molar-refractivity contribution >= 4 is 0 Å². The highest BCUT2D eigenvalue weighted by atomic mass is 19.1. The average Bonchev–Trinajstić information content (AvgIpc) is 2.33. The third kappa shape index (κ3) is 2.58. The van der Waals surface area contributed by atoms with Crippen LogP contribution in [-0.4, -0.2) is 19.3 Å². The summed E-state index contributed by atoms with van der Waals surface area (Å²) in [7, 11) is 2.96. The molecular formula is C14H19FO3. The molecule has 0 bridgehead atoms. The van der Waals surface area contributed by atoms with Gasteiger partial charge in [0, 0.05) is 11.6 Å². The number of ether oxygens (including phenoxy) is 2. The molecule has 0 heterocycles. The summed E-state index contributed by atoms with van der Waals surface area (Å²) in [6.07, 6.45) is 3.32. The second-order valence-electron chi connectivity index (χ2n) is 4.78. The van der Waals surface area contributed by atoms with E-state index in [2.05, 4.69) is 0 Å². The highest BCUT2D eigenvalue weighted by molar-refractivity contribution is 5.44. The van der Waals surface area contributed by atoms with Crippen LogP contribution in [-0.2, 0) is 0 Å². The van der Waals surface area contributed by atoms with Crippen molar-refractivity contribution in [2.75, 3.05) is 14.2 Å². The van der Waals surface area contributed by atoms with Gasteiger partial charge in [0.15, 0.2) is 11.5 Å². The van der Waals surface area contributed by atoms with Crippen molar-refractivity contribution in [3.63, 3.8) is 0 Å². The lowest BCUT2D eigenvalue weighted by atomic mass is 9.80. The van der Waals surface area contributed by atoms with E-state index in [-0.39, 0.29) is 0 Å². The number of hydrogen-bond donors (Lipinski definition) is 1. The second kappa shape index (κ2) is 5.57. The predicted molar refractivity (Wildman–Crippen MR) is 66.4 cm³/mol. The van der Waals surface area contributed by atoms with Crippen molar-refractivity contribution < 1.29 is 19.0 Å². The molecule has 18 heavy (non-hydrogen) atoms. The lowest BCUT2D eigenvalue weighted by Gasteiger charge is -2.28. The first-order valence-corrected chi connectivity index (χ1v) is 6.25. The average molecular weight is 254 g/mol. The van der Waals surface area contributed by atoms with Crippen LogP contribution in [0.1, 0.15) is 37.4 Å². The molecule has 0 amide bonds. The summed E-state index contributed by atoms with van der Waals surface area (Å²) >= 11 is 0. The van der Waals surface area contributed by atoms with Gasteiger partial charge in [0.25, 0.3) is 0 Å². The Morgan fingerprint density at radius 2 is 1.89 bits per heavy atom. The molecule has 1 aliphatic rings. The first-order chi connectivity index (χ1) is 8.65. The quantitative estimate of drug-likeness (QED) is 0.877. The summed E-state index contributed by atoms with van der Waals surface area (Å²) < 4.78 is 24.0. The van der Waals surface area contributed by atoms with Crippen molar-refractivity contribution in [3.8, 4) is 11.5 Å². The van der Waals surface area contributed by atoms with E-state index in [0.29, 0.717) is 29.4 Å². The van der Waals surface area contributed by atoms with Crippen LogP contribution in [0.15, 0.2) is 12.1 Å². The third-order valence-corrected chi connectivity index (χ3v) is 3.64. The number of rotatable bonds is 5. The van der Waals surface area contributed by atoms with E-state index in [4.69, 9.17) is 9.47 Å². The minimum absolute atomic E-state index is 0.291. The molecule has 1 saturated carbocycles. The zero-order chi connectivity index (χ0) is 13.1. The molecule has 100 valence electrons. The summed E-state index contributed by atoms with van der Waals surface area (Å²) in [4.78, 5) is 0. The highest BCUT2D eigenvalue weighted by Crippen LogP contribution is 2.38. The largest absolute Gasteiger partial charge is 0.493 e. The Bertz CT molecular complexity index is 416. The predicted octanol–water partition coefficient (Wildman–Crippen LogP) is 3.07. The van der Waals surface area contributed by atoms with Gasteiger partial charge < -0.3 is 14.6 Å². The second-order valence-corrected chi connectivity index (χ2v) is 4.78. The minimum atomic E-state index is -0.768. The lowest BCUT2D eigenvalue weighted by molar-refractivity contribution is 0.115. The van der Waals surface area contributed by atoms with Crippen LogP contribution in [0.3, 0.4) is 0 Å².